The van der Waals surface area contributed by atoms with Crippen LogP contribution >= 0.6 is 11.6 Å². The highest BCUT2D eigenvalue weighted by molar-refractivity contribution is 6.30. The van der Waals surface area contributed by atoms with E-state index in [-0.39, 0.29) is 5.91 Å². The fraction of sp³-hybridized carbons (Fsp3) is 0.0435. The molecule has 0 bridgehead atoms. The van der Waals surface area contributed by atoms with Crippen LogP contribution in [0, 0.1) is 0 Å². The topological polar surface area (TPSA) is 32.7 Å². The molecule has 0 aromatic heterocycles. The molecule has 1 amide bonds. The third kappa shape index (κ3) is 3.83. The Kier molecular flexibility index (Phi) is 4.86. The van der Waals surface area contributed by atoms with Gasteiger partial charge in [-0.1, -0.05) is 72.3 Å². The number of halogens is 1. The van der Waals surface area contributed by atoms with E-state index in [9.17, 15) is 4.79 Å². The van der Waals surface area contributed by atoms with Crippen molar-refractivity contribution in [3.63, 3.8) is 0 Å². The summed E-state index contributed by atoms with van der Waals surface area (Å²) in [7, 11) is 0. The van der Waals surface area contributed by atoms with Crippen molar-refractivity contribution in [2.45, 2.75) is 6.42 Å². The Balaban J connectivity index is 1.79. The lowest BCUT2D eigenvalue weighted by Crippen LogP contribution is -2.33. The van der Waals surface area contributed by atoms with Crippen LogP contribution in [0.5, 0.6) is 0 Å². The summed E-state index contributed by atoms with van der Waals surface area (Å²) in [5.74, 6) is -0.109. The molecule has 3 aromatic carbocycles. The number of hydrogen-bond acceptors (Lipinski definition) is 2. The fourth-order valence-corrected chi connectivity index (χ4v) is 3.13. The highest BCUT2D eigenvalue weighted by atomic mass is 35.5. The van der Waals surface area contributed by atoms with Gasteiger partial charge in [-0.2, -0.15) is 10.1 Å². The van der Waals surface area contributed by atoms with Gasteiger partial charge in [-0.3, -0.25) is 4.79 Å². The quantitative estimate of drug-likeness (QED) is 0.553. The molecule has 1 aliphatic heterocycles. The monoisotopic (exact) mass is 372 g/mol. The zero-order valence-electron chi connectivity index (χ0n) is 14.5. The number of anilines is 1. The minimum atomic E-state index is -0.109. The number of hydrogen-bond donors (Lipinski definition) is 0. The summed E-state index contributed by atoms with van der Waals surface area (Å²) in [6, 6.07) is 26.9. The molecule has 27 heavy (non-hydrogen) atoms. The van der Waals surface area contributed by atoms with Gasteiger partial charge in [-0.25, -0.2) is 0 Å². The Morgan fingerprint density at radius 1 is 0.852 bits per heavy atom. The maximum atomic E-state index is 13.1. The van der Waals surface area contributed by atoms with Gasteiger partial charge in [0.2, 0.25) is 0 Å². The molecule has 0 spiro atoms. The number of carbonyl (C=O) groups is 1. The standard InChI is InChI=1S/C23H17ClN2O/c24-20-13-11-18(12-14-20)22-16-19(15-17-7-3-1-4-8-17)23(27)26(25-22)21-9-5-2-6-10-21/h1-15H,16H2. The first-order valence-corrected chi connectivity index (χ1v) is 9.07. The minimum Gasteiger partial charge on any atom is -0.267 e. The van der Waals surface area contributed by atoms with Crippen molar-refractivity contribution in [3.8, 4) is 0 Å². The van der Waals surface area contributed by atoms with E-state index in [1.54, 1.807) is 0 Å². The van der Waals surface area contributed by atoms with Gasteiger partial charge < -0.3 is 0 Å². The summed E-state index contributed by atoms with van der Waals surface area (Å²) < 4.78 is 0. The van der Waals surface area contributed by atoms with Crippen LogP contribution < -0.4 is 5.01 Å². The maximum absolute atomic E-state index is 13.1. The van der Waals surface area contributed by atoms with E-state index in [1.165, 1.54) is 5.01 Å². The molecule has 0 unspecified atom stereocenters. The van der Waals surface area contributed by atoms with Crippen LogP contribution in [0.3, 0.4) is 0 Å². The second-order valence-electron chi connectivity index (χ2n) is 6.26. The highest BCUT2D eigenvalue weighted by Crippen LogP contribution is 2.27. The lowest BCUT2D eigenvalue weighted by atomic mass is 9.98. The predicted molar refractivity (Wildman–Crippen MR) is 111 cm³/mol. The molecule has 4 rings (SSSR count). The van der Waals surface area contributed by atoms with Gasteiger partial charge >= 0.3 is 0 Å². The molecule has 1 aliphatic rings. The number of rotatable bonds is 3. The molecule has 4 heteroatoms. The zero-order chi connectivity index (χ0) is 18.6. The molecule has 0 aliphatic carbocycles. The zero-order valence-corrected chi connectivity index (χ0v) is 15.3. The van der Waals surface area contributed by atoms with Crippen LogP contribution in [0.1, 0.15) is 17.5 Å². The van der Waals surface area contributed by atoms with E-state index >= 15 is 0 Å². The molecule has 0 radical (unpaired) electrons. The molecule has 0 atom stereocenters. The third-order valence-electron chi connectivity index (χ3n) is 4.36. The molecular formula is C23H17ClN2O. The first kappa shape index (κ1) is 17.3. The fourth-order valence-electron chi connectivity index (χ4n) is 3.00. The van der Waals surface area contributed by atoms with E-state index < -0.39 is 0 Å². The molecule has 0 fully saturated rings. The lowest BCUT2D eigenvalue weighted by molar-refractivity contribution is -0.115. The lowest BCUT2D eigenvalue weighted by Gasteiger charge is -2.25. The average Bonchev–Trinajstić information content (AvgIpc) is 2.71. The summed E-state index contributed by atoms with van der Waals surface area (Å²) in [6.45, 7) is 0. The third-order valence-corrected chi connectivity index (χ3v) is 4.62. The second-order valence-corrected chi connectivity index (χ2v) is 6.70. The van der Waals surface area contributed by atoms with Crippen LogP contribution in [0.15, 0.2) is 95.6 Å². The van der Waals surface area contributed by atoms with Crippen molar-refractivity contribution < 1.29 is 4.79 Å². The van der Waals surface area contributed by atoms with Crippen molar-refractivity contribution in [1.29, 1.82) is 0 Å². The Morgan fingerprint density at radius 3 is 2.15 bits per heavy atom. The molecule has 0 saturated heterocycles. The van der Waals surface area contributed by atoms with Gasteiger partial charge in [0, 0.05) is 17.0 Å². The number of para-hydroxylation sites is 1. The molecule has 0 N–H and O–H groups in total. The van der Waals surface area contributed by atoms with E-state index in [0.29, 0.717) is 17.0 Å². The normalized spacial score (nSPS) is 15.7. The van der Waals surface area contributed by atoms with Crippen molar-refractivity contribution in [1.82, 2.24) is 0 Å². The molecule has 3 nitrogen and oxygen atoms in total. The van der Waals surface area contributed by atoms with E-state index in [0.717, 1.165) is 22.5 Å². The minimum absolute atomic E-state index is 0.109. The Morgan fingerprint density at radius 2 is 1.48 bits per heavy atom. The van der Waals surface area contributed by atoms with Crippen LogP contribution in [-0.2, 0) is 4.79 Å². The smallest absolute Gasteiger partial charge is 0.267 e. The average molecular weight is 373 g/mol. The summed E-state index contributed by atoms with van der Waals surface area (Å²) in [6.07, 6.45) is 2.40. The van der Waals surface area contributed by atoms with Crippen LogP contribution in [0.25, 0.3) is 6.08 Å². The van der Waals surface area contributed by atoms with Crippen LogP contribution in [-0.4, -0.2) is 11.6 Å². The summed E-state index contributed by atoms with van der Waals surface area (Å²) in [5, 5.41) is 6.79. The number of hydrazone groups is 1. The van der Waals surface area contributed by atoms with Crippen molar-refractivity contribution >= 4 is 35.0 Å². The van der Waals surface area contributed by atoms with Gasteiger partial charge in [-0.05, 0) is 41.5 Å². The molecule has 3 aromatic rings. The molecule has 132 valence electrons. The van der Waals surface area contributed by atoms with Crippen LogP contribution in [0.2, 0.25) is 5.02 Å². The second kappa shape index (κ2) is 7.60. The van der Waals surface area contributed by atoms with Crippen molar-refractivity contribution in [3.05, 3.63) is 107 Å². The van der Waals surface area contributed by atoms with E-state index in [2.05, 4.69) is 5.10 Å². The number of carbonyl (C=O) groups excluding carboxylic acids is 1. The van der Waals surface area contributed by atoms with Gasteiger partial charge in [0.05, 0.1) is 11.4 Å². The largest absolute Gasteiger partial charge is 0.275 e. The Labute approximate surface area is 163 Å². The van der Waals surface area contributed by atoms with Gasteiger partial charge in [0.1, 0.15) is 0 Å². The van der Waals surface area contributed by atoms with E-state index in [1.807, 2.05) is 91.0 Å². The van der Waals surface area contributed by atoms with Gasteiger partial charge in [0.25, 0.3) is 5.91 Å². The summed E-state index contributed by atoms with van der Waals surface area (Å²) in [4.78, 5) is 13.1. The number of amides is 1. The van der Waals surface area contributed by atoms with E-state index in [4.69, 9.17) is 11.6 Å². The maximum Gasteiger partial charge on any atom is 0.275 e. The SMILES string of the molecule is O=C1C(=Cc2ccccc2)CC(c2ccc(Cl)cc2)=NN1c1ccccc1. The molecule has 0 saturated carbocycles. The first-order valence-electron chi connectivity index (χ1n) is 8.69. The predicted octanol–water partition coefficient (Wildman–Crippen LogP) is 5.56. The van der Waals surface area contributed by atoms with Crippen molar-refractivity contribution in [2.24, 2.45) is 5.10 Å². The van der Waals surface area contributed by atoms with Gasteiger partial charge in [-0.15, -0.1) is 0 Å². The Hall–Kier alpha value is -3.17. The van der Waals surface area contributed by atoms with Crippen LogP contribution in [0.4, 0.5) is 5.69 Å². The Bertz CT molecular complexity index is 1010. The first-order chi connectivity index (χ1) is 13.2. The number of benzene rings is 3. The van der Waals surface area contributed by atoms with Crippen molar-refractivity contribution in [2.75, 3.05) is 5.01 Å². The number of nitrogens with zero attached hydrogens (tertiary/aromatic N) is 2. The summed E-state index contributed by atoms with van der Waals surface area (Å²) in [5.41, 5.74) is 4.22. The molecular weight excluding hydrogens is 356 g/mol. The highest BCUT2D eigenvalue weighted by Gasteiger charge is 2.27. The molecule has 1 heterocycles. The van der Waals surface area contributed by atoms with Gasteiger partial charge in [0.15, 0.2) is 0 Å². The summed E-state index contributed by atoms with van der Waals surface area (Å²) >= 11 is 6.02.